The molecule has 0 aromatic carbocycles. The Morgan fingerprint density at radius 1 is 1.11 bits per heavy atom. The van der Waals surface area contributed by atoms with E-state index in [4.69, 9.17) is 5.73 Å². The summed E-state index contributed by atoms with van der Waals surface area (Å²) in [6.07, 6.45) is 4.68. The molecule has 1 saturated heterocycles. The van der Waals surface area contributed by atoms with E-state index in [1.54, 1.807) is 0 Å². The van der Waals surface area contributed by atoms with Crippen molar-refractivity contribution in [1.82, 2.24) is 15.1 Å². The zero-order valence-corrected chi connectivity index (χ0v) is 18.8. The highest BCUT2D eigenvalue weighted by Crippen LogP contribution is 2.23. The normalized spacial score (nSPS) is 25.0. The van der Waals surface area contributed by atoms with Crippen LogP contribution >= 0.6 is 24.8 Å². The molecule has 6 nitrogen and oxygen atoms in total. The molecule has 0 spiro atoms. The molecule has 0 radical (unpaired) electrons. The summed E-state index contributed by atoms with van der Waals surface area (Å²) in [6.45, 7) is 11.4. The smallest absolute Gasteiger partial charge is 0.240 e. The van der Waals surface area contributed by atoms with Crippen molar-refractivity contribution in [3.63, 3.8) is 0 Å². The fourth-order valence-corrected chi connectivity index (χ4v) is 3.74. The lowest BCUT2D eigenvalue weighted by Crippen LogP contribution is -2.57. The molecule has 2 rings (SSSR count). The van der Waals surface area contributed by atoms with Gasteiger partial charge >= 0.3 is 0 Å². The maximum absolute atomic E-state index is 12.5. The number of nitrogens with two attached hydrogens (primary N) is 1. The molecule has 27 heavy (non-hydrogen) atoms. The Kier molecular flexibility index (Phi) is 11.2. The molecule has 2 unspecified atom stereocenters. The van der Waals surface area contributed by atoms with Crippen LogP contribution in [-0.4, -0.2) is 66.4 Å². The highest BCUT2D eigenvalue weighted by atomic mass is 35.5. The molecule has 2 aliphatic rings. The average molecular weight is 425 g/mol. The first-order valence-corrected chi connectivity index (χ1v) is 9.73. The van der Waals surface area contributed by atoms with E-state index in [0.29, 0.717) is 31.6 Å². The van der Waals surface area contributed by atoms with Crippen LogP contribution in [0.5, 0.6) is 0 Å². The van der Waals surface area contributed by atoms with E-state index in [2.05, 4.69) is 17.1 Å². The highest BCUT2D eigenvalue weighted by molar-refractivity contribution is 5.85. The third kappa shape index (κ3) is 8.14. The van der Waals surface area contributed by atoms with Crippen molar-refractivity contribution >= 4 is 36.6 Å². The minimum atomic E-state index is -0.476. The molecule has 160 valence electrons. The van der Waals surface area contributed by atoms with Crippen LogP contribution in [0, 0.1) is 11.3 Å². The topological polar surface area (TPSA) is 78.7 Å². The minimum absolute atomic E-state index is 0. The highest BCUT2D eigenvalue weighted by Gasteiger charge is 2.32. The number of nitrogens with one attached hydrogen (secondary N) is 1. The van der Waals surface area contributed by atoms with Gasteiger partial charge in [-0.1, -0.05) is 40.5 Å². The predicted octanol–water partition coefficient (Wildman–Crippen LogP) is 2.04. The van der Waals surface area contributed by atoms with E-state index in [9.17, 15) is 9.59 Å². The van der Waals surface area contributed by atoms with Crippen molar-refractivity contribution in [3.8, 4) is 0 Å². The van der Waals surface area contributed by atoms with E-state index in [1.807, 2.05) is 25.7 Å². The van der Waals surface area contributed by atoms with Gasteiger partial charge in [-0.2, -0.15) is 0 Å². The lowest BCUT2D eigenvalue weighted by atomic mass is 9.86. The van der Waals surface area contributed by atoms with Crippen molar-refractivity contribution in [3.05, 3.63) is 0 Å². The maximum Gasteiger partial charge on any atom is 0.240 e. The van der Waals surface area contributed by atoms with Gasteiger partial charge in [0.05, 0.1) is 12.6 Å². The summed E-state index contributed by atoms with van der Waals surface area (Å²) in [5.74, 6) is 0.846. The first kappa shape index (κ1) is 26.4. The van der Waals surface area contributed by atoms with Gasteiger partial charge < -0.3 is 16.0 Å². The Morgan fingerprint density at radius 2 is 1.70 bits per heavy atom. The van der Waals surface area contributed by atoms with Gasteiger partial charge in [-0.05, 0) is 24.2 Å². The number of rotatable bonds is 4. The van der Waals surface area contributed by atoms with Crippen molar-refractivity contribution in [1.29, 1.82) is 0 Å². The molecule has 0 aromatic rings. The molecular formula is C19H38Cl2N4O2. The molecule has 1 saturated carbocycles. The number of piperazine rings is 1. The average Bonchev–Trinajstić information content (AvgIpc) is 2.53. The van der Waals surface area contributed by atoms with Gasteiger partial charge in [-0.25, -0.2) is 0 Å². The summed E-state index contributed by atoms with van der Waals surface area (Å²) in [5.41, 5.74) is 5.86. The van der Waals surface area contributed by atoms with Crippen molar-refractivity contribution < 1.29 is 9.59 Å². The van der Waals surface area contributed by atoms with Crippen molar-refractivity contribution in [2.75, 3.05) is 32.7 Å². The number of halogens is 2. The molecule has 0 aromatic heterocycles. The van der Waals surface area contributed by atoms with Gasteiger partial charge in [0.1, 0.15) is 0 Å². The minimum Gasteiger partial charge on any atom is -0.352 e. The van der Waals surface area contributed by atoms with Crippen LogP contribution in [0.4, 0.5) is 0 Å². The molecule has 0 bridgehead atoms. The summed E-state index contributed by atoms with van der Waals surface area (Å²) in [4.78, 5) is 28.7. The van der Waals surface area contributed by atoms with Crippen LogP contribution in [0.25, 0.3) is 0 Å². The molecule has 8 heteroatoms. The van der Waals surface area contributed by atoms with Crippen LogP contribution < -0.4 is 11.1 Å². The first-order chi connectivity index (χ1) is 11.7. The monoisotopic (exact) mass is 424 g/mol. The molecule has 2 amide bonds. The van der Waals surface area contributed by atoms with Gasteiger partial charge in [0.15, 0.2) is 0 Å². The van der Waals surface area contributed by atoms with Crippen molar-refractivity contribution in [2.45, 2.75) is 65.5 Å². The Bertz CT molecular complexity index is 477. The number of carbonyl (C=O) groups is 2. The Morgan fingerprint density at radius 3 is 2.22 bits per heavy atom. The zero-order valence-electron chi connectivity index (χ0n) is 17.2. The summed E-state index contributed by atoms with van der Waals surface area (Å²) in [5, 5.41) is 3.19. The lowest BCUT2D eigenvalue weighted by Gasteiger charge is -2.38. The lowest BCUT2D eigenvalue weighted by molar-refractivity contribution is -0.137. The number of nitrogens with zero attached hydrogens (tertiary/aromatic N) is 2. The van der Waals surface area contributed by atoms with Gasteiger partial charge in [-0.15, -0.1) is 24.8 Å². The fourth-order valence-electron chi connectivity index (χ4n) is 3.74. The Labute approximate surface area is 176 Å². The summed E-state index contributed by atoms with van der Waals surface area (Å²) >= 11 is 0. The van der Waals surface area contributed by atoms with E-state index in [0.717, 1.165) is 25.9 Å². The number of amides is 2. The van der Waals surface area contributed by atoms with Crippen LogP contribution in [0.3, 0.4) is 0 Å². The van der Waals surface area contributed by atoms with Crippen LogP contribution in [-0.2, 0) is 9.59 Å². The van der Waals surface area contributed by atoms with Gasteiger partial charge in [0, 0.05) is 32.2 Å². The summed E-state index contributed by atoms with van der Waals surface area (Å²) in [7, 11) is 0. The summed E-state index contributed by atoms with van der Waals surface area (Å²) < 4.78 is 0. The maximum atomic E-state index is 12.5. The molecule has 1 aliphatic carbocycles. The van der Waals surface area contributed by atoms with E-state index >= 15 is 0 Å². The van der Waals surface area contributed by atoms with Gasteiger partial charge in [0.2, 0.25) is 11.8 Å². The largest absolute Gasteiger partial charge is 0.352 e. The standard InChI is InChI=1S/C19H36N4O2.2ClH/c1-14-6-5-7-15(12-14)21-16(24)13-22-8-10-23(11-9-22)18(25)17(20)19(2,3)4;;/h14-15,17H,5-13,20H2,1-4H3,(H,21,24);2*1H/t14?,15?,17-;;/m1../s1. The second kappa shape index (κ2) is 11.4. The predicted molar refractivity (Wildman–Crippen MR) is 115 cm³/mol. The quantitative estimate of drug-likeness (QED) is 0.723. The van der Waals surface area contributed by atoms with Gasteiger partial charge in [-0.3, -0.25) is 14.5 Å². The van der Waals surface area contributed by atoms with E-state index in [-0.39, 0.29) is 42.0 Å². The molecule has 1 heterocycles. The number of hydrogen-bond acceptors (Lipinski definition) is 4. The SMILES string of the molecule is CC1CCCC(NC(=O)CN2CCN(C(=O)[C@@H](N)C(C)(C)C)CC2)C1.Cl.Cl. The molecular weight excluding hydrogens is 387 g/mol. The Balaban J connectivity index is 0.00000338. The van der Waals surface area contributed by atoms with Crippen LogP contribution in [0.1, 0.15) is 53.4 Å². The summed E-state index contributed by atoms with van der Waals surface area (Å²) in [6, 6.07) is -0.139. The third-order valence-electron chi connectivity index (χ3n) is 5.55. The van der Waals surface area contributed by atoms with Gasteiger partial charge in [0.25, 0.3) is 0 Å². The third-order valence-corrected chi connectivity index (χ3v) is 5.55. The molecule has 3 N–H and O–H groups in total. The number of hydrogen-bond donors (Lipinski definition) is 2. The zero-order chi connectivity index (χ0) is 18.6. The fraction of sp³-hybridized carbons (Fsp3) is 0.895. The first-order valence-electron chi connectivity index (χ1n) is 9.73. The second-order valence-corrected chi connectivity index (χ2v) is 8.98. The van der Waals surface area contributed by atoms with Crippen molar-refractivity contribution in [2.24, 2.45) is 17.1 Å². The molecule has 1 aliphatic heterocycles. The second-order valence-electron chi connectivity index (χ2n) is 8.98. The number of carbonyl (C=O) groups excluding carboxylic acids is 2. The molecule has 3 atom stereocenters. The van der Waals surface area contributed by atoms with Crippen LogP contribution in [0.15, 0.2) is 0 Å². The Hall–Kier alpha value is -0.560. The van der Waals surface area contributed by atoms with Crippen LogP contribution in [0.2, 0.25) is 0 Å². The van der Waals surface area contributed by atoms with E-state index in [1.165, 1.54) is 12.8 Å². The van der Waals surface area contributed by atoms with E-state index < -0.39 is 6.04 Å². The molecule has 2 fully saturated rings.